The molecule has 0 N–H and O–H groups in total. The lowest BCUT2D eigenvalue weighted by Gasteiger charge is -2.39. The topological polar surface area (TPSA) is 30.0 Å². The van der Waals surface area contributed by atoms with Crippen LogP contribution in [0, 0.1) is 17.0 Å². The zero-order valence-electron chi connectivity index (χ0n) is 26.4. The van der Waals surface area contributed by atoms with Gasteiger partial charge in [0, 0.05) is 87.3 Å². The molecule has 0 aromatic heterocycles. The minimum Gasteiger partial charge on any atom is -0.369 e. The number of carbonyl (C=O) groups excluding carboxylic acids is 1. The molecule has 0 saturated carbocycles. The van der Waals surface area contributed by atoms with E-state index in [-0.39, 0.29) is 18.0 Å². The fourth-order valence-corrected chi connectivity index (χ4v) is 7.14. The number of hydrogen-bond acceptors (Lipinski definition) is 4. The molecule has 2 saturated heterocycles. The Balaban J connectivity index is 1.01. The van der Waals surface area contributed by atoms with E-state index in [1.54, 1.807) is 5.57 Å². The Morgan fingerprint density at radius 3 is 2.02 bits per heavy atom. The third-order valence-corrected chi connectivity index (χ3v) is 9.98. The molecule has 5 nitrogen and oxygen atoms in total. The van der Waals surface area contributed by atoms with E-state index in [0.717, 1.165) is 56.3 Å². The predicted molar refractivity (Wildman–Crippen MR) is 179 cm³/mol. The molecule has 0 unspecified atom stereocenters. The average Bonchev–Trinajstić information content (AvgIpc) is 3.04. The van der Waals surface area contributed by atoms with E-state index in [1.807, 2.05) is 34.1 Å². The number of piperazine rings is 2. The van der Waals surface area contributed by atoms with E-state index in [9.17, 15) is 13.6 Å². The summed E-state index contributed by atoms with van der Waals surface area (Å²) in [5, 5.41) is 0.778. The summed E-state index contributed by atoms with van der Waals surface area (Å²) < 4.78 is 28.2. The Morgan fingerprint density at radius 1 is 0.778 bits per heavy atom. The number of halogens is 3. The number of amides is 1. The lowest BCUT2D eigenvalue weighted by molar-refractivity contribution is 0.0625. The van der Waals surface area contributed by atoms with Gasteiger partial charge in [-0.1, -0.05) is 49.2 Å². The molecule has 0 bridgehead atoms. The smallest absolute Gasteiger partial charge is 0.253 e. The van der Waals surface area contributed by atoms with Crippen molar-refractivity contribution < 1.29 is 13.6 Å². The summed E-state index contributed by atoms with van der Waals surface area (Å²) in [6.45, 7) is 12.1. The first kappa shape index (κ1) is 31.7. The van der Waals surface area contributed by atoms with Gasteiger partial charge < -0.3 is 9.80 Å². The molecular formula is C37H43ClF2N4O. The first-order valence-electron chi connectivity index (χ1n) is 16.1. The van der Waals surface area contributed by atoms with Gasteiger partial charge in [0.15, 0.2) is 0 Å². The van der Waals surface area contributed by atoms with E-state index < -0.39 is 11.6 Å². The first-order chi connectivity index (χ1) is 21.6. The average molecular weight is 633 g/mol. The number of carbonyl (C=O) groups is 1. The minimum absolute atomic E-state index is 0.00302. The normalized spacial score (nSPS) is 19.7. The van der Waals surface area contributed by atoms with Gasteiger partial charge in [-0.05, 0) is 84.3 Å². The molecule has 8 heteroatoms. The summed E-state index contributed by atoms with van der Waals surface area (Å²) in [7, 11) is 0. The maximum Gasteiger partial charge on any atom is 0.253 e. The van der Waals surface area contributed by atoms with Crippen LogP contribution >= 0.6 is 11.6 Å². The minimum atomic E-state index is -0.524. The third-order valence-electron chi connectivity index (χ3n) is 9.73. The van der Waals surface area contributed by atoms with Gasteiger partial charge in [0.2, 0.25) is 0 Å². The standard InChI is InChI=1S/C37H43ClF2N4O/c1-37(2)15-14-32(27-6-10-30(38)11-7-27)29(24-37)25-41-16-20-43(21-17-41)31-12-8-28(9-13-31)36(45)44-22-18-42(19-23-44)26-33-34(39)4-3-5-35(33)40/h3-13H,14-26H2,1-2H3. The van der Waals surface area contributed by atoms with Crippen molar-refractivity contribution in [3.63, 3.8) is 0 Å². The summed E-state index contributed by atoms with van der Waals surface area (Å²) >= 11 is 6.18. The molecule has 2 fully saturated rings. The zero-order valence-corrected chi connectivity index (χ0v) is 27.1. The SMILES string of the molecule is CC1(C)CCC(c2ccc(Cl)cc2)=C(CN2CCN(c3ccc(C(=O)N4CCN(Cc5c(F)cccc5F)CC4)cc3)CC2)C1. The molecule has 3 aromatic carbocycles. The first-order valence-corrected chi connectivity index (χ1v) is 16.5. The Morgan fingerprint density at radius 2 is 1.38 bits per heavy atom. The van der Waals surface area contributed by atoms with Crippen LogP contribution < -0.4 is 4.90 Å². The summed E-state index contributed by atoms with van der Waals surface area (Å²) in [5.74, 6) is -1.05. The van der Waals surface area contributed by atoms with Gasteiger partial charge in [0.25, 0.3) is 5.91 Å². The van der Waals surface area contributed by atoms with Crippen molar-refractivity contribution in [2.45, 2.75) is 39.7 Å². The van der Waals surface area contributed by atoms with Crippen molar-refractivity contribution in [1.29, 1.82) is 0 Å². The maximum absolute atomic E-state index is 14.1. The lowest BCUT2D eigenvalue weighted by Crippen LogP contribution is -2.48. The monoisotopic (exact) mass is 632 g/mol. The molecule has 238 valence electrons. The van der Waals surface area contributed by atoms with Crippen molar-refractivity contribution in [3.8, 4) is 0 Å². The second-order valence-electron chi connectivity index (χ2n) is 13.5. The highest BCUT2D eigenvalue weighted by molar-refractivity contribution is 6.30. The number of rotatable bonds is 7. The number of anilines is 1. The molecule has 1 amide bonds. The Hall–Kier alpha value is -3.26. The van der Waals surface area contributed by atoms with Crippen LogP contribution in [0.2, 0.25) is 5.02 Å². The fraction of sp³-hybridized carbons (Fsp3) is 0.432. The molecule has 2 aliphatic heterocycles. The Labute approximate surface area is 271 Å². The van der Waals surface area contributed by atoms with Gasteiger partial charge in [-0.2, -0.15) is 0 Å². The number of allylic oxidation sites excluding steroid dienone is 1. The molecule has 3 aromatic rings. The molecular weight excluding hydrogens is 590 g/mol. The van der Waals surface area contributed by atoms with E-state index in [1.165, 1.54) is 35.8 Å². The van der Waals surface area contributed by atoms with Crippen molar-refractivity contribution in [2.75, 3.05) is 63.8 Å². The maximum atomic E-state index is 14.1. The largest absolute Gasteiger partial charge is 0.369 e. The second-order valence-corrected chi connectivity index (χ2v) is 13.9. The van der Waals surface area contributed by atoms with Gasteiger partial charge in [-0.15, -0.1) is 0 Å². The lowest BCUT2D eigenvalue weighted by atomic mass is 9.73. The van der Waals surface area contributed by atoms with Crippen LogP contribution in [0.3, 0.4) is 0 Å². The van der Waals surface area contributed by atoms with Crippen molar-refractivity contribution >= 4 is 28.8 Å². The van der Waals surface area contributed by atoms with Crippen LogP contribution in [0.4, 0.5) is 14.5 Å². The second kappa shape index (κ2) is 13.6. The predicted octanol–water partition coefficient (Wildman–Crippen LogP) is 7.36. The van der Waals surface area contributed by atoms with E-state index in [0.29, 0.717) is 37.2 Å². The highest BCUT2D eigenvalue weighted by Gasteiger charge is 2.30. The molecule has 0 spiro atoms. The summed E-state index contributed by atoms with van der Waals surface area (Å²) in [5.41, 5.74) is 6.58. The Kier molecular flexibility index (Phi) is 9.60. The van der Waals surface area contributed by atoms with Gasteiger partial charge in [0.1, 0.15) is 11.6 Å². The van der Waals surface area contributed by atoms with Crippen molar-refractivity contribution in [3.05, 3.63) is 106 Å². The molecule has 45 heavy (non-hydrogen) atoms. The van der Waals surface area contributed by atoms with Crippen LogP contribution in [0.1, 0.15) is 54.6 Å². The van der Waals surface area contributed by atoms with Crippen molar-refractivity contribution in [1.82, 2.24) is 14.7 Å². The zero-order chi connectivity index (χ0) is 31.6. The third kappa shape index (κ3) is 7.59. The summed E-state index contributed by atoms with van der Waals surface area (Å²) in [4.78, 5) is 22.1. The van der Waals surface area contributed by atoms with Crippen LogP contribution in [-0.4, -0.2) is 79.5 Å². The van der Waals surface area contributed by atoms with Crippen LogP contribution in [0.15, 0.2) is 72.3 Å². The summed E-state index contributed by atoms with van der Waals surface area (Å²) in [6.07, 6.45) is 3.44. The highest BCUT2D eigenvalue weighted by atomic mass is 35.5. The van der Waals surface area contributed by atoms with Gasteiger partial charge >= 0.3 is 0 Å². The number of nitrogens with zero attached hydrogens (tertiary/aromatic N) is 4. The number of hydrogen-bond donors (Lipinski definition) is 0. The summed E-state index contributed by atoms with van der Waals surface area (Å²) in [6, 6.07) is 20.3. The molecule has 6 rings (SSSR count). The van der Waals surface area contributed by atoms with Gasteiger partial charge in [0.05, 0.1) is 0 Å². The van der Waals surface area contributed by atoms with Gasteiger partial charge in [-0.3, -0.25) is 14.6 Å². The molecule has 2 heterocycles. The van der Waals surface area contributed by atoms with Crippen LogP contribution in [-0.2, 0) is 6.54 Å². The van der Waals surface area contributed by atoms with Gasteiger partial charge in [-0.25, -0.2) is 8.78 Å². The number of benzene rings is 3. The molecule has 0 radical (unpaired) electrons. The Bertz CT molecular complexity index is 1500. The molecule has 0 atom stereocenters. The van der Waals surface area contributed by atoms with Crippen molar-refractivity contribution in [2.24, 2.45) is 5.41 Å². The van der Waals surface area contributed by atoms with Crippen LogP contribution in [0.25, 0.3) is 5.57 Å². The molecule has 3 aliphatic rings. The quantitative estimate of drug-likeness (QED) is 0.272. The van der Waals surface area contributed by atoms with E-state index >= 15 is 0 Å². The fourth-order valence-electron chi connectivity index (χ4n) is 7.01. The van der Waals surface area contributed by atoms with E-state index in [2.05, 4.69) is 47.9 Å². The van der Waals surface area contributed by atoms with Crippen LogP contribution in [0.5, 0.6) is 0 Å². The van der Waals surface area contributed by atoms with E-state index in [4.69, 9.17) is 11.6 Å². The molecule has 1 aliphatic carbocycles. The highest BCUT2D eigenvalue weighted by Crippen LogP contribution is 2.43.